The summed E-state index contributed by atoms with van der Waals surface area (Å²) < 4.78 is 16.3. The van der Waals surface area contributed by atoms with E-state index in [1.165, 1.54) is 6.07 Å². The van der Waals surface area contributed by atoms with E-state index in [4.69, 9.17) is 17.3 Å². The summed E-state index contributed by atoms with van der Waals surface area (Å²) in [5.74, 6) is -0.873. The van der Waals surface area contributed by atoms with Crippen molar-refractivity contribution in [2.24, 2.45) is 5.73 Å². The van der Waals surface area contributed by atoms with Gasteiger partial charge in [0.15, 0.2) is 0 Å². The molecular formula is C21H15ClFN3O. The highest BCUT2D eigenvalue weighted by molar-refractivity contribution is 6.34. The van der Waals surface area contributed by atoms with Gasteiger partial charge in [-0.2, -0.15) is 0 Å². The molecule has 3 aromatic carbocycles. The first-order chi connectivity index (χ1) is 13.0. The van der Waals surface area contributed by atoms with Crippen LogP contribution < -0.4 is 5.73 Å². The number of aryl methyl sites for hydroxylation is 1. The average molecular weight is 380 g/mol. The Morgan fingerprint density at radius 1 is 1.15 bits per heavy atom. The lowest BCUT2D eigenvalue weighted by atomic mass is 10.0. The maximum absolute atomic E-state index is 14.4. The summed E-state index contributed by atoms with van der Waals surface area (Å²) in [6, 6.07) is 15.6. The number of imidazole rings is 1. The summed E-state index contributed by atoms with van der Waals surface area (Å²) in [5.41, 5.74) is 9.85. The number of fused-ring (bicyclic) bond motifs is 1. The number of amides is 1. The molecule has 0 aliphatic rings. The summed E-state index contributed by atoms with van der Waals surface area (Å²) in [5, 5.41) is 0.397. The first kappa shape index (κ1) is 17.2. The van der Waals surface area contributed by atoms with Crippen molar-refractivity contribution in [2.45, 2.75) is 6.92 Å². The maximum atomic E-state index is 14.4. The van der Waals surface area contributed by atoms with Gasteiger partial charge in [-0.3, -0.25) is 9.36 Å². The number of carbonyl (C=O) groups is 1. The van der Waals surface area contributed by atoms with Gasteiger partial charge in [-0.15, -0.1) is 0 Å². The topological polar surface area (TPSA) is 60.9 Å². The highest BCUT2D eigenvalue weighted by atomic mass is 35.5. The van der Waals surface area contributed by atoms with Crippen LogP contribution in [0.5, 0.6) is 0 Å². The van der Waals surface area contributed by atoms with Gasteiger partial charge in [0, 0.05) is 16.8 Å². The third-order valence-corrected chi connectivity index (χ3v) is 5.02. The summed E-state index contributed by atoms with van der Waals surface area (Å²) in [6.45, 7) is 1.84. The molecule has 1 amide bonds. The molecule has 6 heteroatoms. The minimum absolute atomic E-state index is 0.371. The van der Waals surface area contributed by atoms with E-state index in [0.29, 0.717) is 27.2 Å². The number of carbonyl (C=O) groups excluding carboxylic acids is 1. The van der Waals surface area contributed by atoms with Gasteiger partial charge in [0.25, 0.3) is 0 Å². The fraction of sp³-hybridized carbons (Fsp3) is 0.0476. The first-order valence-corrected chi connectivity index (χ1v) is 8.66. The van der Waals surface area contributed by atoms with Crippen molar-refractivity contribution < 1.29 is 9.18 Å². The van der Waals surface area contributed by atoms with Gasteiger partial charge in [-0.05, 0) is 54.4 Å². The highest BCUT2D eigenvalue weighted by Gasteiger charge is 2.14. The fourth-order valence-corrected chi connectivity index (χ4v) is 3.37. The molecule has 0 radical (unpaired) electrons. The van der Waals surface area contributed by atoms with Crippen LogP contribution in [0.15, 0.2) is 60.9 Å². The number of nitrogens with zero attached hydrogens (tertiary/aromatic N) is 2. The third-order valence-electron chi connectivity index (χ3n) is 4.53. The normalized spacial score (nSPS) is 11.1. The number of nitrogens with two attached hydrogens (primary N) is 1. The van der Waals surface area contributed by atoms with Crippen LogP contribution in [0.1, 0.15) is 15.9 Å². The second-order valence-electron chi connectivity index (χ2n) is 6.29. The second kappa shape index (κ2) is 6.52. The van der Waals surface area contributed by atoms with Crippen LogP contribution in [0.25, 0.3) is 27.8 Å². The van der Waals surface area contributed by atoms with Crippen LogP contribution in [-0.4, -0.2) is 15.5 Å². The lowest BCUT2D eigenvalue weighted by Crippen LogP contribution is -2.10. The number of benzene rings is 3. The largest absolute Gasteiger partial charge is 0.366 e. The lowest BCUT2D eigenvalue weighted by Gasteiger charge is -2.11. The Hall–Kier alpha value is -3.18. The zero-order chi connectivity index (χ0) is 19.1. The Balaban J connectivity index is 1.86. The number of halogens is 2. The SMILES string of the molecule is Cc1ccc(F)c(-c2cccc(-n3cnc4cc(C(N)=O)ccc43)c2)c1Cl. The van der Waals surface area contributed by atoms with E-state index >= 15 is 0 Å². The molecule has 4 nitrogen and oxygen atoms in total. The van der Waals surface area contributed by atoms with Gasteiger partial charge in [0.1, 0.15) is 12.1 Å². The maximum Gasteiger partial charge on any atom is 0.248 e. The van der Waals surface area contributed by atoms with Crippen molar-refractivity contribution in [1.29, 1.82) is 0 Å². The summed E-state index contributed by atoms with van der Waals surface area (Å²) in [4.78, 5) is 15.7. The van der Waals surface area contributed by atoms with Crippen LogP contribution >= 0.6 is 11.6 Å². The molecule has 1 heterocycles. The van der Waals surface area contributed by atoms with E-state index in [9.17, 15) is 9.18 Å². The Morgan fingerprint density at radius 3 is 2.74 bits per heavy atom. The van der Waals surface area contributed by atoms with E-state index in [-0.39, 0.29) is 5.82 Å². The van der Waals surface area contributed by atoms with E-state index in [2.05, 4.69) is 4.98 Å². The van der Waals surface area contributed by atoms with Gasteiger partial charge in [0.05, 0.1) is 16.1 Å². The minimum Gasteiger partial charge on any atom is -0.366 e. The van der Waals surface area contributed by atoms with Crippen molar-refractivity contribution in [2.75, 3.05) is 0 Å². The first-order valence-electron chi connectivity index (χ1n) is 8.28. The molecule has 4 aromatic rings. The molecule has 0 aliphatic carbocycles. The quantitative estimate of drug-likeness (QED) is 0.550. The molecule has 0 bridgehead atoms. The van der Waals surface area contributed by atoms with Crippen LogP contribution in [0, 0.1) is 12.7 Å². The molecular weight excluding hydrogens is 365 g/mol. The fourth-order valence-electron chi connectivity index (χ4n) is 3.10. The molecule has 1 aromatic heterocycles. The van der Waals surface area contributed by atoms with Gasteiger partial charge >= 0.3 is 0 Å². The smallest absolute Gasteiger partial charge is 0.248 e. The van der Waals surface area contributed by atoms with Crippen molar-refractivity contribution in [3.8, 4) is 16.8 Å². The van der Waals surface area contributed by atoms with Crippen LogP contribution in [-0.2, 0) is 0 Å². The molecule has 0 atom stereocenters. The Labute approximate surface area is 160 Å². The molecule has 0 aliphatic heterocycles. The zero-order valence-electron chi connectivity index (χ0n) is 14.4. The molecule has 0 saturated carbocycles. The highest BCUT2D eigenvalue weighted by Crippen LogP contribution is 2.34. The van der Waals surface area contributed by atoms with Crippen molar-refractivity contribution >= 4 is 28.5 Å². The van der Waals surface area contributed by atoms with E-state index in [0.717, 1.165) is 16.8 Å². The van der Waals surface area contributed by atoms with Gasteiger partial charge in [-0.1, -0.05) is 29.8 Å². The molecule has 134 valence electrons. The summed E-state index contributed by atoms with van der Waals surface area (Å²) in [6.07, 6.45) is 1.66. The predicted molar refractivity (Wildman–Crippen MR) is 105 cm³/mol. The summed E-state index contributed by atoms with van der Waals surface area (Å²) in [7, 11) is 0. The van der Waals surface area contributed by atoms with E-state index in [1.807, 2.05) is 35.8 Å². The Kier molecular flexibility index (Phi) is 4.16. The standard InChI is InChI=1S/C21H15ClFN3O/c1-12-5-7-16(23)19(20(12)22)13-3-2-4-15(9-13)26-11-25-17-10-14(21(24)27)6-8-18(17)26/h2-11H,1H3,(H2,24,27). The zero-order valence-corrected chi connectivity index (χ0v) is 15.2. The van der Waals surface area contributed by atoms with Gasteiger partial charge in [-0.25, -0.2) is 9.37 Å². The molecule has 4 rings (SSSR count). The van der Waals surface area contributed by atoms with Crippen LogP contribution in [0.4, 0.5) is 4.39 Å². The molecule has 0 saturated heterocycles. The predicted octanol–water partition coefficient (Wildman–Crippen LogP) is 4.89. The Bertz CT molecular complexity index is 1200. The number of primary amides is 1. The number of aromatic nitrogens is 2. The van der Waals surface area contributed by atoms with Gasteiger partial charge in [0.2, 0.25) is 5.91 Å². The molecule has 2 N–H and O–H groups in total. The molecule has 0 unspecified atom stereocenters. The van der Waals surface area contributed by atoms with E-state index in [1.54, 1.807) is 30.6 Å². The van der Waals surface area contributed by atoms with Crippen molar-refractivity contribution in [1.82, 2.24) is 9.55 Å². The number of hydrogen-bond donors (Lipinski definition) is 1. The van der Waals surface area contributed by atoms with Crippen molar-refractivity contribution in [3.63, 3.8) is 0 Å². The second-order valence-corrected chi connectivity index (χ2v) is 6.66. The van der Waals surface area contributed by atoms with Crippen LogP contribution in [0.2, 0.25) is 5.02 Å². The number of hydrogen-bond acceptors (Lipinski definition) is 2. The molecule has 0 spiro atoms. The molecule has 27 heavy (non-hydrogen) atoms. The lowest BCUT2D eigenvalue weighted by molar-refractivity contribution is 0.100. The van der Waals surface area contributed by atoms with E-state index < -0.39 is 5.91 Å². The van der Waals surface area contributed by atoms with Crippen molar-refractivity contribution in [3.05, 3.63) is 82.9 Å². The monoisotopic (exact) mass is 379 g/mol. The minimum atomic E-state index is -0.502. The van der Waals surface area contributed by atoms with Gasteiger partial charge < -0.3 is 5.73 Å². The molecule has 0 fully saturated rings. The Morgan fingerprint density at radius 2 is 1.96 bits per heavy atom. The third kappa shape index (κ3) is 2.96. The van der Waals surface area contributed by atoms with Crippen LogP contribution in [0.3, 0.4) is 0 Å². The summed E-state index contributed by atoms with van der Waals surface area (Å²) >= 11 is 6.35. The average Bonchev–Trinajstić information content (AvgIpc) is 3.08. The number of rotatable bonds is 3.